The number of phenolic OH excluding ortho intramolecular Hbond substituents is 1. The van der Waals surface area contributed by atoms with Crippen molar-refractivity contribution in [2.45, 2.75) is 0 Å². The number of benzene rings is 1. The minimum absolute atomic E-state index is 0.0916. The number of hydrogen-bond donors (Lipinski definition) is 2. The molecule has 0 amide bonds. The Morgan fingerprint density at radius 1 is 1.31 bits per heavy atom. The minimum Gasteiger partial charge on any atom is -0.506 e. The van der Waals surface area contributed by atoms with Crippen LogP contribution in [0.25, 0.3) is 11.1 Å². The molecular formula is C9H7ClN2O. The van der Waals surface area contributed by atoms with Crippen molar-refractivity contribution in [1.29, 1.82) is 0 Å². The molecule has 0 bridgehead atoms. The van der Waals surface area contributed by atoms with Crippen molar-refractivity contribution in [2.24, 2.45) is 0 Å². The Labute approximate surface area is 80.0 Å². The van der Waals surface area contributed by atoms with Gasteiger partial charge in [-0.05, 0) is 17.7 Å². The highest BCUT2D eigenvalue weighted by atomic mass is 35.5. The van der Waals surface area contributed by atoms with Gasteiger partial charge in [-0.15, -0.1) is 0 Å². The summed E-state index contributed by atoms with van der Waals surface area (Å²) in [5.74, 6) is 0.0916. The van der Waals surface area contributed by atoms with E-state index in [1.54, 1.807) is 30.6 Å². The minimum atomic E-state index is 0.0916. The summed E-state index contributed by atoms with van der Waals surface area (Å²) in [6.45, 7) is 0. The number of H-pyrrole nitrogens is 1. The van der Waals surface area contributed by atoms with Crippen LogP contribution in [-0.4, -0.2) is 15.3 Å². The number of aromatic hydroxyl groups is 1. The fraction of sp³-hybridized carbons (Fsp3) is 0. The fourth-order valence-electron chi connectivity index (χ4n) is 1.10. The van der Waals surface area contributed by atoms with Gasteiger partial charge < -0.3 is 5.11 Å². The van der Waals surface area contributed by atoms with Crippen LogP contribution in [0.5, 0.6) is 5.75 Å². The van der Waals surface area contributed by atoms with Gasteiger partial charge in [0.1, 0.15) is 5.75 Å². The molecule has 0 fully saturated rings. The zero-order valence-corrected chi connectivity index (χ0v) is 7.42. The molecule has 1 aromatic heterocycles. The van der Waals surface area contributed by atoms with Crippen molar-refractivity contribution in [2.75, 3.05) is 0 Å². The quantitative estimate of drug-likeness (QED) is 0.733. The maximum absolute atomic E-state index is 9.19. The maximum Gasteiger partial charge on any atom is 0.134 e. The van der Waals surface area contributed by atoms with E-state index < -0.39 is 0 Å². The molecule has 4 heteroatoms. The van der Waals surface area contributed by atoms with Crippen molar-refractivity contribution < 1.29 is 5.11 Å². The van der Waals surface area contributed by atoms with Crippen molar-refractivity contribution in [3.63, 3.8) is 0 Å². The largest absolute Gasteiger partial charge is 0.506 e. The van der Waals surface area contributed by atoms with Crippen molar-refractivity contribution in [3.05, 3.63) is 35.6 Å². The monoisotopic (exact) mass is 194 g/mol. The Kier molecular flexibility index (Phi) is 1.94. The molecule has 0 radical (unpaired) electrons. The molecule has 2 rings (SSSR count). The van der Waals surface area contributed by atoms with Gasteiger partial charge in [0.05, 0.1) is 11.2 Å². The Bertz CT molecular complexity index is 412. The van der Waals surface area contributed by atoms with Gasteiger partial charge in [0.2, 0.25) is 0 Å². The second-order valence-corrected chi connectivity index (χ2v) is 3.06. The SMILES string of the molecule is Oc1ccc(-c2cn[nH]c2)cc1Cl. The second-order valence-electron chi connectivity index (χ2n) is 2.65. The molecule has 1 aromatic carbocycles. The summed E-state index contributed by atoms with van der Waals surface area (Å²) in [5.41, 5.74) is 1.87. The van der Waals surface area contributed by atoms with Gasteiger partial charge in [-0.2, -0.15) is 5.10 Å². The summed E-state index contributed by atoms with van der Waals surface area (Å²) in [4.78, 5) is 0. The normalized spacial score (nSPS) is 10.2. The lowest BCUT2D eigenvalue weighted by Gasteiger charge is -1.99. The maximum atomic E-state index is 9.19. The molecule has 0 saturated carbocycles. The van der Waals surface area contributed by atoms with Gasteiger partial charge >= 0.3 is 0 Å². The van der Waals surface area contributed by atoms with Crippen LogP contribution < -0.4 is 0 Å². The molecule has 0 spiro atoms. The zero-order chi connectivity index (χ0) is 9.26. The first-order chi connectivity index (χ1) is 6.27. The van der Waals surface area contributed by atoms with Gasteiger partial charge in [-0.25, -0.2) is 0 Å². The van der Waals surface area contributed by atoms with Crippen molar-refractivity contribution in [1.82, 2.24) is 10.2 Å². The fourth-order valence-corrected chi connectivity index (χ4v) is 1.28. The highest BCUT2D eigenvalue weighted by molar-refractivity contribution is 6.32. The number of nitrogens with one attached hydrogen (secondary N) is 1. The molecule has 3 nitrogen and oxygen atoms in total. The number of aromatic amines is 1. The van der Waals surface area contributed by atoms with Gasteiger partial charge in [-0.1, -0.05) is 17.7 Å². The van der Waals surface area contributed by atoms with E-state index in [-0.39, 0.29) is 5.75 Å². The van der Waals surface area contributed by atoms with Crippen LogP contribution in [0.15, 0.2) is 30.6 Å². The summed E-state index contributed by atoms with van der Waals surface area (Å²) in [6.07, 6.45) is 3.46. The molecule has 0 saturated heterocycles. The topological polar surface area (TPSA) is 48.9 Å². The molecule has 13 heavy (non-hydrogen) atoms. The Morgan fingerprint density at radius 3 is 2.77 bits per heavy atom. The Morgan fingerprint density at radius 2 is 2.15 bits per heavy atom. The van der Waals surface area contributed by atoms with Crippen LogP contribution in [0.1, 0.15) is 0 Å². The highest BCUT2D eigenvalue weighted by Gasteiger charge is 2.02. The molecule has 0 aliphatic rings. The zero-order valence-electron chi connectivity index (χ0n) is 6.66. The van der Waals surface area contributed by atoms with Gasteiger partial charge in [0.15, 0.2) is 0 Å². The average Bonchev–Trinajstić information content (AvgIpc) is 2.62. The number of halogens is 1. The van der Waals surface area contributed by atoms with Gasteiger partial charge in [0, 0.05) is 11.8 Å². The lowest BCUT2D eigenvalue weighted by molar-refractivity contribution is 0.475. The predicted molar refractivity (Wildman–Crippen MR) is 50.7 cm³/mol. The molecule has 0 atom stereocenters. The number of hydrogen-bond acceptors (Lipinski definition) is 2. The van der Waals surface area contributed by atoms with E-state index >= 15 is 0 Å². The van der Waals surface area contributed by atoms with Crippen LogP contribution in [-0.2, 0) is 0 Å². The first kappa shape index (κ1) is 8.13. The van der Waals surface area contributed by atoms with Crippen LogP contribution in [0.2, 0.25) is 5.02 Å². The number of nitrogens with zero attached hydrogens (tertiary/aromatic N) is 1. The molecule has 0 unspecified atom stereocenters. The lowest BCUT2D eigenvalue weighted by Crippen LogP contribution is -1.74. The van der Waals surface area contributed by atoms with Crippen LogP contribution in [0, 0.1) is 0 Å². The molecule has 0 aliphatic heterocycles. The lowest BCUT2D eigenvalue weighted by atomic mass is 10.1. The van der Waals surface area contributed by atoms with Crippen LogP contribution in [0.4, 0.5) is 0 Å². The Balaban J connectivity index is 2.49. The predicted octanol–water partition coefficient (Wildman–Crippen LogP) is 2.44. The summed E-state index contributed by atoms with van der Waals surface area (Å²) in [6, 6.07) is 5.04. The van der Waals surface area contributed by atoms with E-state index in [2.05, 4.69) is 10.2 Å². The van der Waals surface area contributed by atoms with E-state index in [4.69, 9.17) is 11.6 Å². The summed E-state index contributed by atoms with van der Waals surface area (Å²) < 4.78 is 0. The Hall–Kier alpha value is -1.48. The van der Waals surface area contributed by atoms with Crippen LogP contribution >= 0.6 is 11.6 Å². The summed E-state index contributed by atoms with van der Waals surface area (Å²) in [5, 5.41) is 16.1. The molecule has 2 N–H and O–H groups in total. The molecule has 0 aliphatic carbocycles. The number of rotatable bonds is 1. The van der Waals surface area contributed by atoms with Crippen LogP contribution in [0.3, 0.4) is 0 Å². The molecular weight excluding hydrogens is 188 g/mol. The van der Waals surface area contributed by atoms with Gasteiger partial charge in [0.25, 0.3) is 0 Å². The van der Waals surface area contributed by atoms with E-state index in [0.29, 0.717) is 5.02 Å². The second kappa shape index (κ2) is 3.11. The summed E-state index contributed by atoms with van der Waals surface area (Å²) in [7, 11) is 0. The van der Waals surface area contributed by atoms with E-state index in [1.807, 2.05) is 0 Å². The van der Waals surface area contributed by atoms with Crippen molar-refractivity contribution in [3.8, 4) is 16.9 Å². The molecule has 2 aromatic rings. The van der Waals surface area contributed by atoms with E-state index in [0.717, 1.165) is 11.1 Å². The third-order valence-corrected chi connectivity index (χ3v) is 2.08. The standard InChI is InChI=1S/C9H7ClN2O/c10-8-3-6(1-2-9(8)13)7-4-11-12-5-7/h1-5,13H,(H,11,12). The highest BCUT2D eigenvalue weighted by Crippen LogP contribution is 2.28. The van der Waals surface area contributed by atoms with E-state index in [1.165, 1.54) is 0 Å². The number of aromatic nitrogens is 2. The summed E-state index contributed by atoms with van der Waals surface area (Å²) >= 11 is 5.75. The molecule has 66 valence electrons. The third kappa shape index (κ3) is 1.51. The van der Waals surface area contributed by atoms with E-state index in [9.17, 15) is 5.11 Å². The smallest absolute Gasteiger partial charge is 0.134 e. The third-order valence-electron chi connectivity index (χ3n) is 1.78. The van der Waals surface area contributed by atoms with Crippen molar-refractivity contribution >= 4 is 11.6 Å². The molecule has 1 heterocycles. The average molecular weight is 195 g/mol. The first-order valence-electron chi connectivity index (χ1n) is 3.75. The first-order valence-corrected chi connectivity index (χ1v) is 4.13. The van der Waals surface area contributed by atoms with Gasteiger partial charge in [-0.3, -0.25) is 5.10 Å². The number of phenols is 1.